The van der Waals surface area contributed by atoms with E-state index in [0.29, 0.717) is 0 Å². The maximum absolute atomic E-state index is 13.6. The van der Waals surface area contributed by atoms with E-state index in [-0.39, 0.29) is 11.4 Å². The Morgan fingerprint density at radius 2 is 1.62 bits per heavy atom. The number of anilines is 2. The van der Waals surface area contributed by atoms with E-state index in [1.54, 1.807) is 0 Å². The summed E-state index contributed by atoms with van der Waals surface area (Å²) in [5.74, 6) is -1.48. The van der Waals surface area contributed by atoms with Crippen molar-refractivity contribution in [2.24, 2.45) is 0 Å². The van der Waals surface area contributed by atoms with Crippen molar-refractivity contribution in [3.05, 3.63) is 42.5 Å². The summed E-state index contributed by atoms with van der Waals surface area (Å²) >= 11 is 0. The van der Waals surface area contributed by atoms with Crippen LogP contribution in [0.2, 0.25) is 0 Å². The van der Waals surface area contributed by atoms with Gasteiger partial charge in [0, 0.05) is 6.92 Å². The predicted octanol–water partition coefficient (Wildman–Crippen LogP) is 4.33. The SMILES string of the molecule is COc1ccc(S(=O)(=O)Nc2ccccc2OC(F)(F)C(F)C(F)(F)F)cc1NC(C)=O. The topological polar surface area (TPSA) is 93.7 Å². The van der Waals surface area contributed by atoms with Crippen LogP contribution in [-0.4, -0.2) is 39.9 Å². The first-order valence-corrected chi connectivity index (χ1v) is 10.0. The number of amides is 1. The second-order valence-electron chi connectivity index (χ2n) is 6.21. The Morgan fingerprint density at radius 3 is 2.19 bits per heavy atom. The average molecular weight is 486 g/mol. The van der Waals surface area contributed by atoms with Crippen LogP contribution in [0.5, 0.6) is 11.5 Å². The van der Waals surface area contributed by atoms with Gasteiger partial charge in [0.2, 0.25) is 5.91 Å². The van der Waals surface area contributed by atoms with Crippen LogP contribution in [0.15, 0.2) is 47.4 Å². The lowest BCUT2D eigenvalue weighted by atomic mass is 10.3. The van der Waals surface area contributed by atoms with Crippen molar-refractivity contribution >= 4 is 27.3 Å². The van der Waals surface area contributed by atoms with Crippen LogP contribution in [0.4, 0.5) is 37.7 Å². The fourth-order valence-electron chi connectivity index (χ4n) is 2.37. The molecule has 0 radical (unpaired) electrons. The average Bonchev–Trinajstić information content (AvgIpc) is 2.67. The maximum Gasteiger partial charge on any atom is 0.439 e. The number of carbonyl (C=O) groups excluding carboxylic acids is 1. The van der Waals surface area contributed by atoms with E-state index in [0.717, 1.165) is 37.3 Å². The summed E-state index contributed by atoms with van der Waals surface area (Å²) in [6.07, 6.45) is -15.9. The van der Waals surface area contributed by atoms with Gasteiger partial charge < -0.3 is 14.8 Å². The fourth-order valence-corrected chi connectivity index (χ4v) is 3.47. The quantitative estimate of drug-likeness (QED) is 0.542. The highest BCUT2D eigenvalue weighted by Gasteiger charge is 2.59. The van der Waals surface area contributed by atoms with Crippen LogP contribution in [-0.2, 0) is 14.8 Å². The van der Waals surface area contributed by atoms with E-state index < -0.39 is 50.7 Å². The summed E-state index contributed by atoms with van der Waals surface area (Å²) in [6, 6.07) is 7.15. The molecule has 7 nitrogen and oxygen atoms in total. The molecule has 0 spiro atoms. The molecule has 1 amide bonds. The molecule has 2 aromatic rings. The molecule has 0 saturated heterocycles. The number of alkyl halides is 6. The second kappa shape index (κ2) is 9.14. The Hall–Kier alpha value is -3.16. The summed E-state index contributed by atoms with van der Waals surface area (Å²) in [5.41, 5.74) is -0.706. The largest absolute Gasteiger partial charge is 0.495 e. The minimum absolute atomic E-state index is 0.0237. The number of halogens is 6. The minimum atomic E-state index is -5.92. The van der Waals surface area contributed by atoms with Crippen LogP contribution in [0.25, 0.3) is 0 Å². The normalized spacial score (nSPS) is 13.2. The first-order valence-electron chi connectivity index (χ1n) is 8.52. The number of hydrogen-bond acceptors (Lipinski definition) is 5. The number of sulfonamides is 1. The first-order chi connectivity index (χ1) is 14.7. The fraction of sp³-hybridized carbons (Fsp3) is 0.278. The molecule has 0 aliphatic carbocycles. The molecule has 0 bridgehead atoms. The van der Waals surface area contributed by atoms with E-state index in [2.05, 4.69) is 10.1 Å². The molecule has 2 aromatic carbocycles. The summed E-state index contributed by atoms with van der Waals surface area (Å²) < 4.78 is 114. The van der Waals surface area contributed by atoms with Crippen molar-refractivity contribution < 1.29 is 49.0 Å². The molecule has 14 heteroatoms. The van der Waals surface area contributed by atoms with Gasteiger partial charge in [-0.15, -0.1) is 0 Å². The van der Waals surface area contributed by atoms with Crippen molar-refractivity contribution in [1.82, 2.24) is 0 Å². The molecule has 0 aliphatic rings. The van der Waals surface area contributed by atoms with Gasteiger partial charge in [-0.3, -0.25) is 9.52 Å². The third-order valence-corrected chi connectivity index (χ3v) is 5.11. The Labute approximate surface area is 178 Å². The Bertz CT molecular complexity index is 1090. The summed E-state index contributed by atoms with van der Waals surface area (Å²) in [5, 5.41) is 2.34. The molecule has 2 N–H and O–H groups in total. The number of rotatable bonds is 8. The molecule has 0 aromatic heterocycles. The van der Waals surface area contributed by atoms with Crippen LogP contribution in [0.3, 0.4) is 0 Å². The third-order valence-electron chi connectivity index (χ3n) is 3.75. The van der Waals surface area contributed by atoms with Gasteiger partial charge in [0.25, 0.3) is 16.2 Å². The predicted molar refractivity (Wildman–Crippen MR) is 101 cm³/mol. The van der Waals surface area contributed by atoms with E-state index in [9.17, 15) is 39.6 Å². The zero-order valence-electron chi connectivity index (χ0n) is 16.3. The van der Waals surface area contributed by atoms with E-state index in [4.69, 9.17) is 4.74 Å². The van der Waals surface area contributed by atoms with Crippen LogP contribution < -0.4 is 19.5 Å². The first kappa shape index (κ1) is 25.1. The lowest BCUT2D eigenvalue weighted by molar-refractivity contribution is -0.304. The van der Waals surface area contributed by atoms with Crippen molar-refractivity contribution in [2.45, 2.75) is 30.3 Å². The van der Waals surface area contributed by atoms with Crippen molar-refractivity contribution in [1.29, 1.82) is 0 Å². The lowest BCUT2D eigenvalue weighted by Crippen LogP contribution is -2.45. The van der Waals surface area contributed by atoms with Gasteiger partial charge in [-0.05, 0) is 30.3 Å². The molecule has 2 rings (SSSR count). The second-order valence-corrected chi connectivity index (χ2v) is 7.90. The molecule has 1 unspecified atom stereocenters. The van der Waals surface area contributed by atoms with Crippen molar-refractivity contribution in [3.8, 4) is 11.5 Å². The van der Waals surface area contributed by atoms with Crippen LogP contribution in [0.1, 0.15) is 6.92 Å². The van der Waals surface area contributed by atoms with Gasteiger partial charge in [0.15, 0.2) is 5.75 Å². The molecule has 1 atom stereocenters. The van der Waals surface area contributed by atoms with E-state index in [1.165, 1.54) is 19.2 Å². The van der Waals surface area contributed by atoms with Crippen LogP contribution >= 0.6 is 0 Å². The van der Waals surface area contributed by atoms with Crippen LogP contribution in [0, 0.1) is 0 Å². The zero-order valence-corrected chi connectivity index (χ0v) is 17.2. The molecule has 176 valence electrons. The number of methoxy groups -OCH3 is 1. The molecule has 0 saturated carbocycles. The minimum Gasteiger partial charge on any atom is -0.495 e. The van der Waals surface area contributed by atoms with E-state index >= 15 is 0 Å². The molecular formula is C18H16F6N2O5S. The van der Waals surface area contributed by atoms with E-state index in [1.807, 2.05) is 4.72 Å². The third kappa shape index (κ3) is 5.96. The highest BCUT2D eigenvalue weighted by molar-refractivity contribution is 7.92. The molecule has 0 fully saturated rings. The molecule has 32 heavy (non-hydrogen) atoms. The molecule has 0 heterocycles. The number of carbonyl (C=O) groups is 1. The number of nitrogens with one attached hydrogen (secondary N) is 2. The van der Waals surface area contributed by atoms with Gasteiger partial charge in [0.1, 0.15) is 5.75 Å². The molecule has 0 aliphatic heterocycles. The number of para-hydroxylation sites is 2. The number of hydrogen-bond donors (Lipinski definition) is 2. The smallest absolute Gasteiger partial charge is 0.439 e. The summed E-state index contributed by atoms with van der Waals surface area (Å²) in [4.78, 5) is 10.9. The summed E-state index contributed by atoms with van der Waals surface area (Å²) in [6.45, 7) is 1.16. The number of ether oxygens (including phenoxy) is 2. The number of benzene rings is 2. The van der Waals surface area contributed by atoms with Gasteiger partial charge in [-0.2, -0.15) is 22.0 Å². The Morgan fingerprint density at radius 1 is 1.00 bits per heavy atom. The molecular weight excluding hydrogens is 470 g/mol. The summed E-state index contributed by atoms with van der Waals surface area (Å²) in [7, 11) is -3.26. The lowest BCUT2D eigenvalue weighted by Gasteiger charge is -2.24. The maximum atomic E-state index is 13.6. The monoisotopic (exact) mass is 486 g/mol. The zero-order chi connectivity index (χ0) is 24.3. The van der Waals surface area contributed by atoms with Gasteiger partial charge in [0.05, 0.1) is 23.4 Å². The highest BCUT2D eigenvalue weighted by atomic mass is 32.2. The van der Waals surface area contributed by atoms with Crippen molar-refractivity contribution in [3.63, 3.8) is 0 Å². The van der Waals surface area contributed by atoms with Gasteiger partial charge in [-0.25, -0.2) is 12.8 Å². The van der Waals surface area contributed by atoms with Crippen molar-refractivity contribution in [2.75, 3.05) is 17.1 Å². The van der Waals surface area contributed by atoms with Gasteiger partial charge in [-0.1, -0.05) is 12.1 Å². The standard InChI is InChI=1S/C18H16F6N2O5S/c1-10(27)25-13-9-11(7-8-14(13)30-2)32(28,29)26-12-5-3-4-6-15(12)31-18(23,24)16(19)17(20,21)22/h3-9,16,26H,1-2H3,(H,25,27). The Kier molecular flexibility index (Phi) is 7.17. The highest BCUT2D eigenvalue weighted by Crippen LogP contribution is 2.39. The van der Waals surface area contributed by atoms with Gasteiger partial charge >= 0.3 is 12.3 Å². The Balaban J connectivity index is 2.39.